The molecule has 4 rings (SSSR count). The van der Waals surface area contributed by atoms with Crippen molar-refractivity contribution < 1.29 is 17.6 Å². The summed E-state index contributed by atoms with van der Waals surface area (Å²) in [6.45, 7) is 2.98. The maximum Gasteiger partial charge on any atom is 0.265 e. The van der Waals surface area contributed by atoms with Gasteiger partial charge in [-0.15, -0.1) is 0 Å². The molecular formula is C25H23ClFN5O3S. The largest absolute Gasteiger partial charge is 0.338 e. The van der Waals surface area contributed by atoms with Gasteiger partial charge >= 0.3 is 0 Å². The number of rotatable bonds is 7. The first-order valence-electron chi connectivity index (χ1n) is 10.8. The highest BCUT2D eigenvalue weighted by molar-refractivity contribution is 7.92. The topological polar surface area (TPSA) is 110 Å². The highest BCUT2D eigenvalue weighted by Gasteiger charge is 2.30. The second kappa shape index (κ2) is 10.00. The standard InChI is InChI=1S/C25H23ClFN5O3S/c1-16-24(29-17(2)32(16)28)31(15-18-7-3-6-10-23(18)27)36(34,35)20-13-11-19(12-14-20)30-25(33)21-8-4-5-9-22(21)26/h3-14H,15,28H2,1-2H3,(H,30,33). The number of hydrogen-bond acceptors (Lipinski definition) is 5. The van der Waals surface area contributed by atoms with Crippen LogP contribution in [0.2, 0.25) is 5.02 Å². The summed E-state index contributed by atoms with van der Waals surface area (Å²) in [6, 6.07) is 18.1. The van der Waals surface area contributed by atoms with Crippen molar-refractivity contribution in [3.63, 3.8) is 0 Å². The van der Waals surface area contributed by atoms with Crippen LogP contribution in [0, 0.1) is 19.7 Å². The zero-order valence-electron chi connectivity index (χ0n) is 19.4. The maximum atomic E-state index is 14.5. The number of halogens is 2. The van der Waals surface area contributed by atoms with Gasteiger partial charge in [0.2, 0.25) is 0 Å². The molecule has 0 fully saturated rings. The van der Waals surface area contributed by atoms with E-state index < -0.39 is 21.7 Å². The van der Waals surface area contributed by atoms with Gasteiger partial charge in [-0.1, -0.05) is 41.9 Å². The Morgan fingerprint density at radius 2 is 1.69 bits per heavy atom. The van der Waals surface area contributed by atoms with Gasteiger partial charge in [-0.3, -0.25) is 4.79 Å². The number of nitrogens with two attached hydrogens (primary N) is 1. The number of carbonyl (C=O) groups is 1. The summed E-state index contributed by atoms with van der Waals surface area (Å²) in [5.74, 6) is 5.49. The lowest BCUT2D eigenvalue weighted by atomic mass is 10.2. The Kier molecular flexibility index (Phi) is 7.00. The van der Waals surface area contributed by atoms with E-state index in [1.807, 2.05) is 0 Å². The minimum Gasteiger partial charge on any atom is -0.338 e. The Bertz CT molecular complexity index is 1540. The number of anilines is 2. The molecule has 0 aliphatic carbocycles. The predicted octanol–water partition coefficient (Wildman–Crippen LogP) is 4.65. The smallest absolute Gasteiger partial charge is 0.265 e. The van der Waals surface area contributed by atoms with Gasteiger partial charge < -0.3 is 11.2 Å². The number of nitrogens with one attached hydrogen (secondary N) is 1. The average Bonchev–Trinajstić information content (AvgIpc) is 3.11. The molecule has 4 aromatic rings. The Hall–Kier alpha value is -3.89. The lowest BCUT2D eigenvalue weighted by Gasteiger charge is -2.23. The number of aryl methyl sites for hydroxylation is 1. The second-order valence-electron chi connectivity index (χ2n) is 8.00. The van der Waals surface area contributed by atoms with Gasteiger partial charge in [-0.25, -0.2) is 26.8 Å². The Labute approximate surface area is 213 Å². The zero-order valence-corrected chi connectivity index (χ0v) is 21.0. The van der Waals surface area contributed by atoms with Crippen LogP contribution in [0.3, 0.4) is 0 Å². The quantitative estimate of drug-likeness (QED) is 0.340. The number of nitrogen functional groups attached to an aromatic ring is 1. The van der Waals surface area contributed by atoms with Gasteiger partial charge in [0.1, 0.15) is 11.6 Å². The van der Waals surface area contributed by atoms with Crippen LogP contribution in [0.15, 0.2) is 77.7 Å². The molecule has 0 aliphatic rings. The van der Waals surface area contributed by atoms with Gasteiger partial charge in [0.05, 0.1) is 27.7 Å². The summed E-state index contributed by atoms with van der Waals surface area (Å²) in [7, 11) is -4.20. The Balaban J connectivity index is 1.68. The average molecular weight is 528 g/mol. The van der Waals surface area contributed by atoms with Crippen LogP contribution < -0.4 is 15.5 Å². The minimum atomic E-state index is -4.20. The van der Waals surface area contributed by atoms with Crippen molar-refractivity contribution in [3.05, 3.63) is 106 Å². The van der Waals surface area contributed by atoms with Crippen LogP contribution in [0.25, 0.3) is 0 Å². The number of hydrogen-bond donors (Lipinski definition) is 2. The number of imidazole rings is 1. The van der Waals surface area contributed by atoms with E-state index in [4.69, 9.17) is 17.4 Å². The van der Waals surface area contributed by atoms with Crippen LogP contribution >= 0.6 is 11.6 Å². The molecule has 0 aliphatic heterocycles. The summed E-state index contributed by atoms with van der Waals surface area (Å²) < 4.78 is 44.2. The van der Waals surface area contributed by atoms with Gasteiger partial charge in [0.25, 0.3) is 15.9 Å². The van der Waals surface area contributed by atoms with Crippen LogP contribution in [0.5, 0.6) is 0 Å². The molecule has 36 heavy (non-hydrogen) atoms. The minimum absolute atomic E-state index is 0.0711. The number of sulfonamides is 1. The summed E-state index contributed by atoms with van der Waals surface area (Å²) in [5, 5.41) is 2.99. The summed E-state index contributed by atoms with van der Waals surface area (Å²) in [6.07, 6.45) is 0. The lowest BCUT2D eigenvalue weighted by molar-refractivity contribution is 0.102. The van der Waals surface area contributed by atoms with E-state index in [0.717, 1.165) is 4.31 Å². The molecule has 0 unspecified atom stereocenters. The van der Waals surface area contributed by atoms with Gasteiger partial charge in [-0.2, -0.15) is 0 Å². The summed E-state index contributed by atoms with van der Waals surface area (Å²) in [4.78, 5) is 16.8. The monoisotopic (exact) mass is 527 g/mol. The predicted molar refractivity (Wildman–Crippen MR) is 137 cm³/mol. The third-order valence-corrected chi connectivity index (χ3v) is 7.71. The van der Waals surface area contributed by atoms with Gasteiger partial charge in [-0.05, 0) is 56.3 Å². The first kappa shape index (κ1) is 25.2. The van der Waals surface area contributed by atoms with Crippen molar-refractivity contribution in [1.29, 1.82) is 0 Å². The molecule has 1 heterocycles. The molecule has 0 spiro atoms. The van der Waals surface area contributed by atoms with Crippen molar-refractivity contribution >= 4 is 39.0 Å². The maximum absolute atomic E-state index is 14.5. The second-order valence-corrected chi connectivity index (χ2v) is 10.3. The van der Waals surface area contributed by atoms with Crippen molar-refractivity contribution in [2.45, 2.75) is 25.3 Å². The molecule has 0 radical (unpaired) electrons. The van der Waals surface area contributed by atoms with Gasteiger partial charge in [0, 0.05) is 11.3 Å². The van der Waals surface area contributed by atoms with E-state index in [9.17, 15) is 17.6 Å². The molecule has 8 nitrogen and oxygen atoms in total. The van der Waals surface area contributed by atoms with Crippen molar-refractivity contribution in [1.82, 2.24) is 9.66 Å². The van der Waals surface area contributed by atoms with Crippen LogP contribution in [-0.2, 0) is 16.6 Å². The third kappa shape index (κ3) is 4.91. The van der Waals surface area contributed by atoms with Crippen molar-refractivity contribution in [2.24, 2.45) is 0 Å². The van der Waals surface area contributed by atoms with E-state index in [2.05, 4.69) is 10.3 Å². The lowest BCUT2D eigenvalue weighted by Crippen LogP contribution is -2.32. The van der Waals surface area contributed by atoms with Crippen LogP contribution in [0.1, 0.15) is 27.4 Å². The molecular weight excluding hydrogens is 505 g/mol. The molecule has 11 heteroatoms. The molecule has 186 valence electrons. The number of benzene rings is 3. The fraction of sp³-hybridized carbons (Fsp3) is 0.120. The fourth-order valence-electron chi connectivity index (χ4n) is 3.61. The highest BCUT2D eigenvalue weighted by Crippen LogP contribution is 2.29. The van der Waals surface area contributed by atoms with Gasteiger partial charge in [0.15, 0.2) is 5.82 Å². The third-order valence-electron chi connectivity index (χ3n) is 5.63. The number of aromatic nitrogens is 2. The van der Waals surface area contributed by atoms with E-state index in [1.54, 1.807) is 44.2 Å². The van der Waals surface area contributed by atoms with Crippen molar-refractivity contribution in [3.8, 4) is 0 Å². The number of amides is 1. The molecule has 3 N–H and O–H groups in total. The SMILES string of the molecule is Cc1nc(N(Cc2ccccc2F)S(=O)(=O)c2ccc(NC(=O)c3ccccc3Cl)cc2)c(C)n1N. The first-order chi connectivity index (χ1) is 17.1. The fourth-order valence-corrected chi connectivity index (χ4v) is 5.28. The van der Waals surface area contributed by atoms with Crippen molar-refractivity contribution in [2.75, 3.05) is 15.5 Å². The molecule has 1 amide bonds. The van der Waals surface area contributed by atoms with E-state index >= 15 is 0 Å². The van der Waals surface area contributed by atoms with E-state index in [0.29, 0.717) is 22.2 Å². The normalized spacial score (nSPS) is 11.3. The van der Waals surface area contributed by atoms with E-state index in [1.165, 1.54) is 47.1 Å². The molecule has 0 atom stereocenters. The molecule has 0 bridgehead atoms. The summed E-state index contributed by atoms with van der Waals surface area (Å²) >= 11 is 6.08. The van der Waals surface area contributed by atoms with Crippen LogP contribution in [0.4, 0.5) is 15.9 Å². The first-order valence-corrected chi connectivity index (χ1v) is 12.6. The molecule has 0 saturated carbocycles. The zero-order chi connectivity index (χ0) is 26.0. The van der Waals surface area contributed by atoms with Crippen LogP contribution in [-0.4, -0.2) is 24.0 Å². The molecule has 1 aromatic heterocycles. The molecule has 0 saturated heterocycles. The van der Waals surface area contributed by atoms with E-state index in [-0.39, 0.29) is 28.4 Å². The number of carbonyl (C=O) groups excluding carboxylic acids is 1. The Morgan fingerprint density at radius 3 is 2.31 bits per heavy atom. The molecule has 3 aromatic carbocycles. The summed E-state index contributed by atoms with van der Waals surface area (Å²) in [5.41, 5.74) is 1.23. The number of nitrogens with zero attached hydrogens (tertiary/aromatic N) is 3. The highest BCUT2D eigenvalue weighted by atomic mass is 35.5. The Morgan fingerprint density at radius 1 is 1.06 bits per heavy atom.